The number of halogens is 7. The van der Waals surface area contributed by atoms with Crippen LogP contribution >= 0.6 is 22.7 Å². The van der Waals surface area contributed by atoms with E-state index in [1.54, 1.807) is 12.1 Å². The summed E-state index contributed by atoms with van der Waals surface area (Å²) in [6.45, 7) is 0. The summed E-state index contributed by atoms with van der Waals surface area (Å²) in [4.78, 5) is 35.0. The van der Waals surface area contributed by atoms with Crippen LogP contribution < -0.4 is 14.8 Å². The molecule has 0 fully saturated rings. The second kappa shape index (κ2) is 16.8. The third-order valence-corrected chi connectivity index (χ3v) is 12.4. The predicted molar refractivity (Wildman–Crippen MR) is 208 cm³/mol. The molecule has 0 radical (unpaired) electrons. The van der Waals surface area contributed by atoms with Gasteiger partial charge in [-0.15, -0.1) is 22.7 Å². The van der Waals surface area contributed by atoms with Crippen molar-refractivity contribution in [3.05, 3.63) is 134 Å². The largest absolute Gasteiger partial charge is 0.534 e. The van der Waals surface area contributed by atoms with Crippen LogP contribution in [0.2, 0.25) is 0 Å². The monoisotopic (exact) mass is 885 g/mol. The Morgan fingerprint density at radius 2 is 1.13 bits per heavy atom. The lowest BCUT2D eigenvalue weighted by Gasteiger charge is -2.12. The zero-order valence-corrected chi connectivity index (χ0v) is 32.9. The van der Waals surface area contributed by atoms with E-state index in [9.17, 15) is 48.7 Å². The lowest BCUT2D eigenvalue weighted by Crippen LogP contribution is -2.28. The fourth-order valence-corrected chi connectivity index (χ4v) is 8.97. The number of amides is 2. The Morgan fingerprint density at radius 3 is 1.58 bits per heavy atom. The standard InChI is InChI=1S/C20H13F5N2O4S2.C20H13F2N3OS/c21-13-4-2-5-14(22)16(13)27-18(28)19-26-15-6-1-3-10-7-8-11(9-12(10)17(15)32-19)31-33(29,30)20(23,24)25;21-14-4-2-5-15(22)17(14)25-19(26)20-24-16-6-1-3-12-8-7-11(10-23)9-13(12)18(16)27-20/h2,4-5,7-9H,1,3,6H2,(H,27,28);2,4-5,7-9H,1,3,6H2,(H,25,26). The number of carbonyl (C=O) groups is 2. The average molecular weight is 886 g/mol. The first-order valence-corrected chi connectivity index (χ1v) is 20.7. The molecule has 0 aliphatic heterocycles. The third-order valence-electron chi connectivity index (χ3n) is 9.20. The molecule has 2 aromatic heterocycles. The molecule has 0 unspecified atom stereocenters. The van der Waals surface area contributed by atoms with E-state index in [-0.39, 0.29) is 10.0 Å². The van der Waals surface area contributed by atoms with Gasteiger partial charge in [0.15, 0.2) is 10.0 Å². The van der Waals surface area contributed by atoms with Crippen molar-refractivity contribution in [2.45, 2.75) is 44.0 Å². The lowest BCUT2D eigenvalue weighted by atomic mass is 10.0. The van der Waals surface area contributed by atoms with Crippen LogP contribution in [0, 0.1) is 34.6 Å². The second-order valence-electron chi connectivity index (χ2n) is 13.2. The van der Waals surface area contributed by atoms with Crippen LogP contribution in [-0.4, -0.2) is 35.7 Å². The zero-order valence-electron chi connectivity index (χ0n) is 30.4. The SMILES string of the molecule is N#Cc1ccc2c(c1)-c1sc(C(=O)Nc3c(F)cccc3F)nc1CCC2.O=C(Nc1c(F)cccc1F)c1nc2c(s1)-c1cc(OS(=O)(=O)C(F)(F)F)ccc1CCC2. The number of carbonyl (C=O) groups excluding carboxylic acids is 2. The van der Waals surface area contributed by atoms with Crippen molar-refractivity contribution in [1.29, 1.82) is 5.26 Å². The minimum Gasteiger partial charge on any atom is -0.376 e. The van der Waals surface area contributed by atoms with Crippen LogP contribution in [0.25, 0.3) is 20.9 Å². The van der Waals surface area contributed by atoms with Gasteiger partial charge in [0.25, 0.3) is 11.8 Å². The maximum Gasteiger partial charge on any atom is 0.534 e. The van der Waals surface area contributed by atoms with Gasteiger partial charge < -0.3 is 14.8 Å². The molecule has 0 bridgehead atoms. The van der Waals surface area contributed by atoms with E-state index in [1.807, 2.05) is 6.07 Å². The van der Waals surface area contributed by atoms with E-state index in [1.165, 1.54) is 23.5 Å². The quantitative estimate of drug-likeness (QED) is 0.0954. The van der Waals surface area contributed by atoms with Crippen LogP contribution in [-0.2, 0) is 35.8 Å². The highest BCUT2D eigenvalue weighted by atomic mass is 32.2. The molecule has 4 aromatic carbocycles. The molecule has 2 N–H and O–H groups in total. The number of anilines is 2. The number of rotatable bonds is 6. The molecule has 6 aromatic rings. The van der Waals surface area contributed by atoms with E-state index in [2.05, 4.69) is 30.9 Å². The molecule has 0 saturated carbocycles. The summed E-state index contributed by atoms with van der Waals surface area (Å²) in [6.07, 6.45) is 4.01. The maximum absolute atomic E-state index is 13.9. The Balaban J connectivity index is 0.000000185. The Kier molecular flexibility index (Phi) is 11.8. The minimum absolute atomic E-state index is 0.121. The van der Waals surface area contributed by atoms with E-state index < -0.39 is 67.8 Å². The van der Waals surface area contributed by atoms with Crippen molar-refractivity contribution in [3.63, 3.8) is 0 Å². The van der Waals surface area contributed by atoms with Crippen molar-refractivity contribution in [2.75, 3.05) is 10.6 Å². The van der Waals surface area contributed by atoms with Gasteiger partial charge in [0.05, 0.1) is 32.8 Å². The number of nitrogens with one attached hydrogen (secondary N) is 2. The molecule has 2 amide bonds. The molecule has 60 heavy (non-hydrogen) atoms. The number of benzene rings is 4. The Morgan fingerprint density at radius 1 is 0.683 bits per heavy atom. The van der Waals surface area contributed by atoms with Crippen LogP contribution in [0.1, 0.15) is 60.5 Å². The Labute approximate surface area is 344 Å². The number of para-hydroxylation sites is 2. The van der Waals surface area contributed by atoms with Gasteiger partial charge in [0.1, 0.15) is 40.4 Å². The predicted octanol–water partition coefficient (Wildman–Crippen LogP) is 9.76. The van der Waals surface area contributed by atoms with Gasteiger partial charge in [-0.2, -0.15) is 26.9 Å². The fourth-order valence-electron chi connectivity index (χ4n) is 6.40. The number of alkyl halides is 3. The molecule has 0 saturated heterocycles. The van der Waals surface area contributed by atoms with Crippen molar-refractivity contribution >= 4 is 56.0 Å². The molecule has 2 aliphatic rings. The summed E-state index contributed by atoms with van der Waals surface area (Å²) in [5.41, 5.74) is -1.90. The van der Waals surface area contributed by atoms with Crippen molar-refractivity contribution in [1.82, 2.24) is 9.97 Å². The summed E-state index contributed by atoms with van der Waals surface area (Å²) in [7, 11) is -5.86. The fraction of sp³-hybridized carbons (Fsp3) is 0.175. The molecule has 308 valence electrons. The number of fused-ring (bicyclic) bond motifs is 6. The highest BCUT2D eigenvalue weighted by Gasteiger charge is 2.48. The van der Waals surface area contributed by atoms with Gasteiger partial charge in [-0.3, -0.25) is 9.59 Å². The molecule has 0 atom stereocenters. The number of hydrogen-bond donors (Lipinski definition) is 2. The van der Waals surface area contributed by atoms with E-state index >= 15 is 0 Å². The molecule has 10 nitrogen and oxygen atoms in total. The molecular formula is C40H26F7N5O5S3. The number of nitriles is 1. The molecule has 8 rings (SSSR count). The topological polar surface area (TPSA) is 151 Å². The minimum atomic E-state index is -5.86. The van der Waals surface area contributed by atoms with Crippen molar-refractivity contribution in [2.24, 2.45) is 0 Å². The number of hydrogen-bond acceptors (Lipinski definition) is 10. The molecule has 0 spiro atoms. The number of thiazole rings is 2. The highest BCUT2D eigenvalue weighted by molar-refractivity contribution is 7.88. The second-order valence-corrected chi connectivity index (χ2v) is 16.7. The zero-order chi connectivity index (χ0) is 42.9. The van der Waals surface area contributed by atoms with Crippen LogP contribution in [0.5, 0.6) is 5.75 Å². The smallest absolute Gasteiger partial charge is 0.376 e. The van der Waals surface area contributed by atoms with Gasteiger partial charge in [-0.05, 0) is 104 Å². The highest BCUT2D eigenvalue weighted by Crippen LogP contribution is 2.41. The first-order valence-electron chi connectivity index (χ1n) is 17.7. The van der Waals surface area contributed by atoms with Gasteiger partial charge in [-0.25, -0.2) is 27.5 Å². The number of aromatic nitrogens is 2. The maximum atomic E-state index is 13.9. The number of aryl methyl sites for hydroxylation is 4. The van der Waals surface area contributed by atoms with Gasteiger partial charge in [0, 0.05) is 5.56 Å². The normalized spacial score (nSPS) is 13.1. The third kappa shape index (κ3) is 8.73. The van der Waals surface area contributed by atoms with Crippen molar-refractivity contribution < 1.29 is 52.9 Å². The lowest BCUT2D eigenvalue weighted by molar-refractivity contribution is -0.0500. The molecule has 2 heterocycles. The first kappa shape index (κ1) is 42.0. The first-order chi connectivity index (χ1) is 28.5. The summed E-state index contributed by atoms with van der Waals surface area (Å²) in [6, 6.07) is 17.8. The van der Waals surface area contributed by atoms with Crippen LogP contribution in [0.3, 0.4) is 0 Å². The van der Waals surface area contributed by atoms with E-state index in [0.717, 1.165) is 88.3 Å². The van der Waals surface area contributed by atoms with Gasteiger partial charge >= 0.3 is 15.6 Å². The van der Waals surface area contributed by atoms with Gasteiger partial charge in [-0.1, -0.05) is 24.3 Å². The summed E-state index contributed by atoms with van der Waals surface area (Å²) < 4.78 is 120. The average Bonchev–Trinajstić information content (AvgIpc) is 3.74. The summed E-state index contributed by atoms with van der Waals surface area (Å²) >= 11 is 2.04. The Hall–Kier alpha value is -6.17. The molecule has 20 heteroatoms. The van der Waals surface area contributed by atoms with E-state index in [4.69, 9.17) is 5.26 Å². The summed E-state index contributed by atoms with van der Waals surface area (Å²) in [5, 5.41) is 13.6. The Bertz CT molecular complexity index is 2800. The van der Waals surface area contributed by atoms with Crippen LogP contribution in [0.15, 0.2) is 72.8 Å². The van der Waals surface area contributed by atoms with E-state index in [0.29, 0.717) is 52.9 Å². The van der Waals surface area contributed by atoms with Crippen molar-refractivity contribution in [3.8, 4) is 32.7 Å². The molecular weight excluding hydrogens is 860 g/mol. The number of nitrogens with zero attached hydrogens (tertiary/aromatic N) is 3. The van der Waals surface area contributed by atoms with Gasteiger partial charge in [0.2, 0.25) is 0 Å². The summed E-state index contributed by atoms with van der Waals surface area (Å²) in [5.74, 6) is -5.71. The molecule has 2 aliphatic carbocycles. The van der Waals surface area contributed by atoms with Crippen LogP contribution in [0.4, 0.5) is 42.1 Å².